The third-order valence-corrected chi connectivity index (χ3v) is 5.92. The number of hydrogen-bond acceptors (Lipinski definition) is 4. The largest absolute Gasteiger partial charge is 0.494 e. The Bertz CT molecular complexity index is 1150. The number of ether oxygens (including phenoxy) is 1. The number of carbonyl (C=O) groups is 1. The van der Waals surface area contributed by atoms with Crippen molar-refractivity contribution in [3.8, 4) is 17.0 Å². The van der Waals surface area contributed by atoms with Crippen LogP contribution in [-0.4, -0.2) is 24.0 Å². The lowest BCUT2D eigenvalue weighted by Crippen LogP contribution is -2.25. The molecule has 0 aliphatic heterocycles. The number of hydrogen-bond donors (Lipinski definition) is 1. The summed E-state index contributed by atoms with van der Waals surface area (Å²) in [6, 6.07) is 22.7. The number of aryl methyl sites for hydroxylation is 1. The van der Waals surface area contributed by atoms with Crippen LogP contribution in [0.2, 0.25) is 0 Å². The fraction of sp³-hybridized carbons (Fsp3) is 0.231. The number of rotatable bonds is 9. The van der Waals surface area contributed by atoms with Crippen molar-refractivity contribution in [3.63, 3.8) is 0 Å². The summed E-state index contributed by atoms with van der Waals surface area (Å²) in [7, 11) is 0. The molecule has 0 bridgehead atoms. The maximum Gasteiger partial charge on any atom is 0.220 e. The Labute approximate surface area is 186 Å². The molecule has 4 nitrogen and oxygen atoms in total. The molecule has 0 fully saturated rings. The van der Waals surface area contributed by atoms with E-state index in [1.165, 1.54) is 10.9 Å². The van der Waals surface area contributed by atoms with Gasteiger partial charge in [0.05, 0.1) is 17.3 Å². The van der Waals surface area contributed by atoms with Gasteiger partial charge < -0.3 is 10.1 Å². The normalized spacial score (nSPS) is 10.9. The number of nitrogens with zero attached hydrogens (tertiary/aromatic N) is 1. The van der Waals surface area contributed by atoms with Crippen LogP contribution in [0.3, 0.4) is 0 Å². The van der Waals surface area contributed by atoms with Crippen LogP contribution in [-0.2, 0) is 11.2 Å². The molecular formula is C26H26N2O2S. The standard InChI is InChI=1S/C26H26N2O2S/c1-19-28-25(18-31-19)22-10-8-20(9-11-22)14-15-27-26(29)7-4-16-30-24-13-12-21-5-2-3-6-23(21)17-24/h2-3,5-6,8-13,17-18H,4,7,14-16H2,1H3,(H,27,29). The van der Waals surface area contributed by atoms with Crippen LogP contribution in [0, 0.1) is 6.92 Å². The quantitative estimate of drug-likeness (QED) is 0.342. The average Bonchev–Trinajstić information content (AvgIpc) is 3.23. The zero-order valence-corrected chi connectivity index (χ0v) is 18.5. The Morgan fingerprint density at radius 3 is 2.61 bits per heavy atom. The molecular weight excluding hydrogens is 404 g/mol. The van der Waals surface area contributed by atoms with Crippen molar-refractivity contribution in [1.82, 2.24) is 10.3 Å². The summed E-state index contributed by atoms with van der Waals surface area (Å²) < 4.78 is 5.80. The Kier molecular flexibility index (Phi) is 6.95. The summed E-state index contributed by atoms with van der Waals surface area (Å²) in [5.74, 6) is 0.909. The molecule has 1 heterocycles. The molecule has 31 heavy (non-hydrogen) atoms. The molecule has 1 N–H and O–H groups in total. The van der Waals surface area contributed by atoms with Crippen LogP contribution >= 0.6 is 11.3 Å². The van der Waals surface area contributed by atoms with Crippen LogP contribution < -0.4 is 10.1 Å². The van der Waals surface area contributed by atoms with Crippen LogP contribution in [0.4, 0.5) is 0 Å². The van der Waals surface area contributed by atoms with E-state index in [1.807, 2.05) is 31.2 Å². The average molecular weight is 431 g/mol. The number of nitrogens with one attached hydrogen (secondary N) is 1. The third kappa shape index (κ3) is 5.92. The number of thiazole rings is 1. The van der Waals surface area contributed by atoms with E-state index in [2.05, 4.69) is 58.1 Å². The molecule has 5 heteroatoms. The van der Waals surface area contributed by atoms with Gasteiger partial charge in [0.15, 0.2) is 0 Å². The highest BCUT2D eigenvalue weighted by molar-refractivity contribution is 7.09. The molecule has 3 aromatic carbocycles. The van der Waals surface area contributed by atoms with Crippen LogP contribution in [0.1, 0.15) is 23.4 Å². The highest BCUT2D eigenvalue weighted by Gasteiger charge is 2.04. The van der Waals surface area contributed by atoms with Gasteiger partial charge in [-0.25, -0.2) is 4.98 Å². The van der Waals surface area contributed by atoms with Crippen molar-refractivity contribution in [3.05, 3.63) is 82.7 Å². The van der Waals surface area contributed by atoms with Gasteiger partial charge in [-0.3, -0.25) is 4.79 Å². The Morgan fingerprint density at radius 1 is 1.03 bits per heavy atom. The van der Waals surface area contributed by atoms with E-state index < -0.39 is 0 Å². The lowest BCUT2D eigenvalue weighted by Gasteiger charge is -2.08. The van der Waals surface area contributed by atoms with E-state index in [9.17, 15) is 4.79 Å². The second-order valence-electron chi connectivity index (χ2n) is 7.51. The first-order chi connectivity index (χ1) is 15.2. The molecule has 158 valence electrons. The first-order valence-corrected chi connectivity index (χ1v) is 11.4. The third-order valence-electron chi connectivity index (χ3n) is 5.14. The monoisotopic (exact) mass is 430 g/mol. The van der Waals surface area contributed by atoms with E-state index in [1.54, 1.807) is 11.3 Å². The van der Waals surface area contributed by atoms with Gasteiger partial charge in [-0.15, -0.1) is 11.3 Å². The minimum Gasteiger partial charge on any atom is -0.494 e. The van der Waals surface area contributed by atoms with Crippen LogP contribution in [0.5, 0.6) is 5.75 Å². The lowest BCUT2D eigenvalue weighted by molar-refractivity contribution is -0.121. The highest BCUT2D eigenvalue weighted by Crippen LogP contribution is 2.22. The predicted octanol–water partition coefficient (Wildman–Crippen LogP) is 5.79. The van der Waals surface area contributed by atoms with E-state index in [0.717, 1.165) is 33.8 Å². The number of fused-ring (bicyclic) bond motifs is 1. The van der Waals surface area contributed by atoms with Crippen molar-refractivity contribution in [2.75, 3.05) is 13.2 Å². The molecule has 0 atom stereocenters. The first kappa shape index (κ1) is 21.1. The van der Waals surface area contributed by atoms with Gasteiger partial charge in [0, 0.05) is 23.9 Å². The second kappa shape index (κ2) is 10.2. The van der Waals surface area contributed by atoms with Gasteiger partial charge in [-0.05, 0) is 48.2 Å². The van der Waals surface area contributed by atoms with Gasteiger partial charge in [0.2, 0.25) is 5.91 Å². The summed E-state index contributed by atoms with van der Waals surface area (Å²) in [5.41, 5.74) is 3.35. The molecule has 0 saturated carbocycles. The molecule has 1 aromatic heterocycles. The molecule has 0 aliphatic carbocycles. The minimum absolute atomic E-state index is 0.0664. The predicted molar refractivity (Wildman–Crippen MR) is 128 cm³/mol. The summed E-state index contributed by atoms with van der Waals surface area (Å²) >= 11 is 1.66. The van der Waals surface area contributed by atoms with Gasteiger partial charge in [-0.2, -0.15) is 0 Å². The highest BCUT2D eigenvalue weighted by atomic mass is 32.1. The summed E-state index contributed by atoms with van der Waals surface area (Å²) in [6.07, 6.45) is 1.98. The zero-order chi connectivity index (χ0) is 21.5. The topological polar surface area (TPSA) is 51.2 Å². The number of aromatic nitrogens is 1. The summed E-state index contributed by atoms with van der Waals surface area (Å²) in [5, 5.41) is 8.51. The number of carbonyl (C=O) groups excluding carboxylic acids is 1. The Balaban J connectivity index is 1.14. The summed E-state index contributed by atoms with van der Waals surface area (Å²) in [6.45, 7) is 3.18. The maximum absolute atomic E-state index is 12.1. The van der Waals surface area contributed by atoms with E-state index in [-0.39, 0.29) is 5.91 Å². The minimum atomic E-state index is 0.0664. The van der Waals surface area contributed by atoms with Crippen molar-refractivity contribution < 1.29 is 9.53 Å². The molecule has 0 radical (unpaired) electrons. The lowest BCUT2D eigenvalue weighted by atomic mass is 10.1. The summed E-state index contributed by atoms with van der Waals surface area (Å²) in [4.78, 5) is 16.6. The molecule has 0 saturated heterocycles. The van der Waals surface area contributed by atoms with Crippen molar-refractivity contribution in [2.24, 2.45) is 0 Å². The molecule has 0 spiro atoms. The van der Waals surface area contributed by atoms with Gasteiger partial charge in [0.1, 0.15) is 5.75 Å². The molecule has 4 rings (SSSR count). The second-order valence-corrected chi connectivity index (χ2v) is 8.57. The fourth-order valence-electron chi connectivity index (χ4n) is 3.45. The smallest absolute Gasteiger partial charge is 0.220 e. The molecule has 0 unspecified atom stereocenters. The molecule has 1 amide bonds. The van der Waals surface area contributed by atoms with Gasteiger partial charge in [-0.1, -0.05) is 54.6 Å². The number of amides is 1. The van der Waals surface area contributed by atoms with Gasteiger partial charge >= 0.3 is 0 Å². The van der Waals surface area contributed by atoms with E-state index in [4.69, 9.17) is 4.74 Å². The number of benzene rings is 3. The molecule has 4 aromatic rings. The zero-order valence-electron chi connectivity index (χ0n) is 17.6. The van der Waals surface area contributed by atoms with Gasteiger partial charge in [0.25, 0.3) is 0 Å². The van der Waals surface area contributed by atoms with Crippen LogP contribution in [0.25, 0.3) is 22.0 Å². The van der Waals surface area contributed by atoms with E-state index >= 15 is 0 Å². The maximum atomic E-state index is 12.1. The Hall–Kier alpha value is -3.18. The van der Waals surface area contributed by atoms with Crippen molar-refractivity contribution in [2.45, 2.75) is 26.2 Å². The SMILES string of the molecule is Cc1nc(-c2ccc(CCNC(=O)CCCOc3ccc4ccccc4c3)cc2)cs1. The van der Waals surface area contributed by atoms with Crippen molar-refractivity contribution >= 4 is 28.0 Å². The Morgan fingerprint density at radius 2 is 1.84 bits per heavy atom. The van der Waals surface area contributed by atoms with E-state index in [0.29, 0.717) is 26.0 Å². The molecule has 0 aliphatic rings. The first-order valence-electron chi connectivity index (χ1n) is 10.6. The fourth-order valence-corrected chi connectivity index (χ4v) is 4.07. The van der Waals surface area contributed by atoms with Crippen molar-refractivity contribution in [1.29, 1.82) is 0 Å². The van der Waals surface area contributed by atoms with Crippen LogP contribution in [0.15, 0.2) is 72.1 Å².